The van der Waals surface area contributed by atoms with Crippen LogP contribution < -0.4 is 10.6 Å². The van der Waals surface area contributed by atoms with Crippen molar-refractivity contribution in [3.8, 4) is 0 Å². The third-order valence-electron chi connectivity index (χ3n) is 4.25. The van der Waals surface area contributed by atoms with E-state index in [2.05, 4.69) is 36.5 Å². The first-order valence-electron chi connectivity index (χ1n) is 8.44. The number of aliphatic hydroxyl groups excluding tert-OH is 1. The van der Waals surface area contributed by atoms with Crippen LogP contribution in [0.15, 0.2) is 28.7 Å². The van der Waals surface area contributed by atoms with Gasteiger partial charge in [0.15, 0.2) is 0 Å². The van der Waals surface area contributed by atoms with E-state index < -0.39 is 0 Å². The number of aliphatic hydroxyl groups is 1. The summed E-state index contributed by atoms with van der Waals surface area (Å²) < 4.78 is 14.1. The Balaban J connectivity index is 1.86. The first kappa shape index (κ1) is 18.1. The van der Waals surface area contributed by atoms with Gasteiger partial charge in [0.1, 0.15) is 11.6 Å². The minimum atomic E-state index is -0.333. The van der Waals surface area contributed by atoms with Gasteiger partial charge in [-0.25, -0.2) is 9.37 Å². The van der Waals surface area contributed by atoms with Gasteiger partial charge in [0.25, 0.3) is 0 Å². The highest BCUT2D eigenvalue weighted by Crippen LogP contribution is 2.40. The lowest BCUT2D eigenvalue weighted by Crippen LogP contribution is -2.30. The van der Waals surface area contributed by atoms with Crippen molar-refractivity contribution in [1.29, 1.82) is 0 Å². The first-order chi connectivity index (χ1) is 12.0. The van der Waals surface area contributed by atoms with Gasteiger partial charge in [0.05, 0.1) is 22.8 Å². The maximum atomic E-state index is 13.7. The molecule has 0 saturated heterocycles. The molecule has 1 aromatic carbocycles. The summed E-state index contributed by atoms with van der Waals surface area (Å²) in [6.07, 6.45) is 2.24. The summed E-state index contributed by atoms with van der Waals surface area (Å²) in [5, 5.41) is 15.9. The van der Waals surface area contributed by atoms with Crippen LogP contribution in [0.3, 0.4) is 0 Å². The lowest BCUT2D eigenvalue weighted by molar-refractivity contribution is 0.248. The molecular weight excluding hydrogens is 387 g/mol. The van der Waals surface area contributed by atoms with Crippen LogP contribution >= 0.6 is 15.9 Å². The van der Waals surface area contributed by atoms with Gasteiger partial charge in [-0.05, 0) is 52.9 Å². The molecule has 1 fully saturated rings. The maximum absolute atomic E-state index is 13.7. The lowest BCUT2D eigenvalue weighted by Gasteiger charge is -2.20. The molecule has 7 heteroatoms. The molecule has 0 aliphatic heterocycles. The Morgan fingerprint density at radius 1 is 1.28 bits per heavy atom. The van der Waals surface area contributed by atoms with E-state index in [0.717, 1.165) is 18.5 Å². The van der Waals surface area contributed by atoms with Crippen molar-refractivity contribution in [2.45, 2.75) is 38.6 Å². The number of aromatic nitrogens is 2. The number of rotatable bonds is 7. The van der Waals surface area contributed by atoms with Gasteiger partial charge in [-0.3, -0.25) is 0 Å². The molecule has 5 nitrogen and oxygen atoms in total. The lowest BCUT2D eigenvalue weighted by atomic mass is 10.1. The molecule has 3 rings (SSSR count). The third kappa shape index (κ3) is 4.67. The minimum Gasteiger partial charge on any atom is -0.394 e. The van der Waals surface area contributed by atoms with Crippen LogP contribution in [-0.4, -0.2) is 27.7 Å². The summed E-state index contributed by atoms with van der Waals surface area (Å²) in [6.45, 7) is 4.07. The topological polar surface area (TPSA) is 70.1 Å². The van der Waals surface area contributed by atoms with E-state index in [4.69, 9.17) is 0 Å². The van der Waals surface area contributed by atoms with Crippen LogP contribution in [0.25, 0.3) is 0 Å². The number of halogens is 2. The zero-order chi connectivity index (χ0) is 18.0. The highest BCUT2D eigenvalue weighted by molar-refractivity contribution is 9.10. The zero-order valence-corrected chi connectivity index (χ0v) is 15.8. The molecule has 0 bridgehead atoms. The van der Waals surface area contributed by atoms with Gasteiger partial charge in [-0.2, -0.15) is 4.98 Å². The molecule has 3 N–H and O–H groups in total. The van der Waals surface area contributed by atoms with Gasteiger partial charge in [0.2, 0.25) is 5.95 Å². The molecule has 25 heavy (non-hydrogen) atoms. The molecule has 1 aromatic heterocycles. The summed E-state index contributed by atoms with van der Waals surface area (Å²) >= 11 is 3.15. The van der Waals surface area contributed by atoms with Gasteiger partial charge < -0.3 is 15.7 Å². The number of hydrogen-bond acceptors (Lipinski definition) is 5. The SMILES string of the molecule is CC(C)[C@H](CO)Nc1nc(Nc2ccc(Br)c(F)c2)cc(C2CC2)n1. The van der Waals surface area contributed by atoms with Crippen molar-refractivity contribution in [3.63, 3.8) is 0 Å². The van der Waals surface area contributed by atoms with E-state index >= 15 is 0 Å². The number of anilines is 3. The van der Waals surface area contributed by atoms with E-state index in [1.165, 1.54) is 6.07 Å². The second-order valence-electron chi connectivity index (χ2n) is 6.71. The van der Waals surface area contributed by atoms with Crippen LogP contribution in [0.4, 0.5) is 21.8 Å². The van der Waals surface area contributed by atoms with Crippen LogP contribution in [0.5, 0.6) is 0 Å². The highest BCUT2D eigenvalue weighted by atomic mass is 79.9. The Morgan fingerprint density at radius 3 is 2.64 bits per heavy atom. The fourth-order valence-electron chi connectivity index (χ4n) is 2.49. The average molecular weight is 409 g/mol. The normalized spacial score (nSPS) is 15.3. The standard InChI is InChI=1S/C18H22BrFN4O/c1-10(2)16(9-25)23-18-22-15(11-3-4-11)8-17(24-18)21-12-5-6-13(19)14(20)7-12/h5-8,10-11,16,25H,3-4,9H2,1-2H3,(H2,21,22,23,24)/t16-/m0/s1. The highest BCUT2D eigenvalue weighted by Gasteiger charge is 2.26. The van der Waals surface area contributed by atoms with Crippen LogP contribution in [0, 0.1) is 11.7 Å². The molecule has 1 atom stereocenters. The Hall–Kier alpha value is -1.73. The summed E-state index contributed by atoms with van der Waals surface area (Å²) in [5.74, 6) is 1.46. The molecule has 0 amide bonds. The van der Waals surface area contributed by atoms with Crippen molar-refractivity contribution >= 4 is 33.4 Å². The fourth-order valence-corrected chi connectivity index (χ4v) is 2.74. The van der Waals surface area contributed by atoms with Crippen molar-refractivity contribution in [2.75, 3.05) is 17.2 Å². The summed E-state index contributed by atoms with van der Waals surface area (Å²) in [5.41, 5.74) is 1.59. The quantitative estimate of drug-likeness (QED) is 0.631. The van der Waals surface area contributed by atoms with E-state index in [1.807, 2.05) is 19.9 Å². The second-order valence-corrected chi connectivity index (χ2v) is 7.56. The van der Waals surface area contributed by atoms with Gasteiger partial charge >= 0.3 is 0 Å². The molecule has 1 aliphatic carbocycles. The number of nitrogens with one attached hydrogen (secondary N) is 2. The molecule has 1 heterocycles. The summed E-state index contributed by atoms with van der Waals surface area (Å²) in [7, 11) is 0. The molecule has 0 spiro atoms. The monoisotopic (exact) mass is 408 g/mol. The zero-order valence-electron chi connectivity index (χ0n) is 14.3. The molecular formula is C18H22BrFN4O. The predicted octanol–water partition coefficient (Wildman–Crippen LogP) is 4.43. The Kier molecular flexibility index (Phi) is 5.54. The van der Waals surface area contributed by atoms with E-state index in [-0.39, 0.29) is 24.4 Å². The number of benzene rings is 1. The molecule has 0 radical (unpaired) electrons. The summed E-state index contributed by atoms with van der Waals surface area (Å²) in [6, 6.07) is 6.64. The predicted molar refractivity (Wildman–Crippen MR) is 101 cm³/mol. The Morgan fingerprint density at radius 2 is 2.04 bits per heavy atom. The van der Waals surface area contributed by atoms with E-state index in [9.17, 15) is 9.50 Å². The molecule has 0 unspecified atom stereocenters. The maximum Gasteiger partial charge on any atom is 0.225 e. The Bertz CT molecular complexity index is 752. The fraction of sp³-hybridized carbons (Fsp3) is 0.444. The van der Waals surface area contributed by atoms with E-state index in [0.29, 0.717) is 27.8 Å². The van der Waals surface area contributed by atoms with Crippen molar-refractivity contribution in [3.05, 3.63) is 40.2 Å². The van der Waals surface area contributed by atoms with E-state index in [1.54, 1.807) is 12.1 Å². The van der Waals surface area contributed by atoms with Crippen LogP contribution in [-0.2, 0) is 0 Å². The van der Waals surface area contributed by atoms with Gasteiger partial charge in [0, 0.05) is 17.7 Å². The van der Waals surface area contributed by atoms with Crippen molar-refractivity contribution in [2.24, 2.45) is 5.92 Å². The summed E-state index contributed by atoms with van der Waals surface area (Å²) in [4.78, 5) is 9.07. The number of nitrogens with zero attached hydrogens (tertiary/aromatic N) is 2. The van der Waals surface area contributed by atoms with Crippen molar-refractivity contribution < 1.29 is 9.50 Å². The molecule has 134 valence electrons. The van der Waals surface area contributed by atoms with Crippen LogP contribution in [0.2, 0.25) is 0 Å². The molecule has 1 saturated carbocycles. The first-order valence-corrected chi connectivity index (χ1v) is 9.24. The van der Waals surface area contributed by atoms with Gasteiger partial charge in [-0.1, -0.05) is 13.8 Å². The van der Waals surface area contributed by atoms with Gasteiger partial charge in [-0.15, -0.1) is 0 Å². The number of hydrogen-bond donors (Lipinski definition) is 3. The average Bonchev–Trinajstić information content (AvgIpc) is 3.40. The smallest absolute Gasteiger partial charge is 0.225 e. The largest absolute Gasteiger partial charge is 0.394 e. The Labute approximate surface area is 155 Å². The van der Waals surface area contributed by atoms with Crippen molar-refractivity contribution in [1.82, 2.24) is 9.97 Å². The molecule has 1 aliphatic rings. The minimum absolute atomic E-state index is 0.00929. The van der Waals surface area contributed by atoms with Crippen LogP contribution in [0.1, 0.15) is 38.3 Å². The second kappa shape index (κ2) is 7.66. The molecule has 2 aromatic rings. The third-order valence-corrected chi connectivity index (χ3v) is 4.89.